The lowest BCUT2D eigenvalue weighted by atomic mass is 9.99. The largest absolute Gasteiger partial charge is 0.493 e. The van der Waals surface area contributed by atoms with Crippen molar-refractivity contribution in [2.75, 3.05) is 19.7 Å². The Hall–Kier alpha value is -3.45. The summed E-state index contributed by atoms with van der Waals surface area (Å²) in [7, 11) is 0. The Kier molecular flexibility index (Phi) is 5.98. The monoisotopic (exact) mass is 430 g/mol. The molecular formula is C25H26N4O3. The zero-order valence-electron chi connectivity index (χ0n) is 18.1. The molecule has 0 aliphatic carbocycles. The van der Waals surface area contributed by atoms with Gasteiger partial charge in [0, 0.05) is 18.0 Å². The van der Waals surface area contributed by atoms with Gasteiger partial charge in [-0.15, -0.1) is 10.2 Å². The van der Waals surface area contributed by atoms with Crippen LogP contribution in [0.5, 0.6) is 5.75 Å². The molecule has 7 nitrogen and oxygen atoms in total. The van der Waals surface area contributed by atoms with E-state index in [9.17, 15) is 0 Å². The Labute approximate surface area is 187 Å². The highest BCUT2D eigenvalue weighted by atomic mass is 16.5. The Balaban J connectivity index is 1.25. The fourth-order valence-electron chi connectivity index (χ4n) is 4.19. The molecule has 32 heavy (non-hydrogen) atoms. The van der Waals surface area contributed by atoms with Gasteiger partial charge in [-0.25, -0.2) is 0 Å². The van der Waals surface area contributed by atoms with Crippen molar-refractivity contribution in [2.45, 2.75) is 26.3 Å². The number of aryl methyl sites for hydroxylation is 1. The van der Waals surface area contributed by atoms with Crippen molar-refractivity contribution in [3.05, 3.63) is 72.3 Å². The molecule has 3 heterocycles. The standard InChI is InChI=1S/C25H26N4O3/c1-18-23(24(28-32-18)20-10-4-2-5-11-20)25-27-26-22(31-25)16-29-14-8-9-19(15-29)17-30-21-12-6-3-7-13-21/h2-7,10-13,19H,8-9,14-17H2,1H3. The van der Waals surface area contributed by atoms with E-state index in [0.29, 0.717) is 30.0 Å². The van der Waals surface area contributed by atoms with Crippen LogP contribution in [0.15, 0.2) is 69.6 Å². The van der Waals surface area contributed by atoms with Gasteiger partial charge in [0.2, 0.25) is 5.89 Å². The molecule has 2 aromatic carbocycles. The van der Waals surface area contributed by atoms with Crippen LogP contribution in [0.1, 0.15) is 24.5 Å². The average Bonchev–Trinajstić information content (AvgIpc) is 3.45. The first-order valence-corrected chi connectivity index (χ1v) is 11.0. The van der Waals surface area contributed by atoms with E-state index in [1.54, 1.807) is 0 Å². The highest BCUT2D eigenvalue weighted by molar-refractivity contribution is 5.77. The van der Waals surface area contributed by atoms with Gasteiger partial charge in [-0.3, -0.25) is 4.90 Å². The number of hydrogen-bond acceptors (Lipinski definition) is 7. The van der Waals surface area contributed by atoms with Crippen molar-refractivity contribution >= 4 is 0 Å². The second-order valence-electron chi connectivity index (χ2n) is 8.20. The van der Waals surface area contributed by atoms with Crippen LogP contribution >= 0.6 is 0 Å². The minimum absolute atomic E-state index is 0.443. The van der Waals surface area contributed by atoms with Gasteiger partial charge in [0.05, 0.1) is 13.2 Å². The fourth-order valence-corrected chi connectivity index (χ4v) is 4.19. The molecule has 5 rings (SSSR count). The quantitative estimate of drug-likeness (QED) is 0.409. The first-order chi connectivity index (χ1) is 15.8. The first-order valence-electron chi connectivity index (χ1n) is 11.0. The minimum atomic E-state index is 0.443. The van der Waals surface area contributed by atoms with Crippen LogP contribution in [0.3, 0.4) is 0 Å². The lowest BCUT2D eigenvalue weighted by Gasteiger charge is -2.31. The molecule has 2 aromatic heterocycles. The van der Waals surface area contributed by atoms with Crippen LogP contribution in [-0.2, 0) is 6.54 Å². The van der Waals surface area contributed by atoms with E-state index in [-0.39, 0.29) is 0 Å². The van der Waals surface area contributed by atoms with Crippen LogP contribution in [0, 0.1) is 12.8 Å². The van der Waals surface area contributed by atoms with Crippen molar-refractivity contribution in [1.82, 2.24) is 20.3 Å². The van der Waals surface area contributed by atoms with Crippen molar-refractivity contribution in [1.29, 1.82) is 0 Å². The second-order valence-corrected chi connectivity index (χ2v) is 8.20. The van der Waals surface area contributed by atoms with E-state index in [2.05, 4.69) is 20.3 Å². The Morgan fingerprint density at radius 3 is 2.62 bits per heavy atom. The minimum Gasteiger partial charge on any atom is -0.493 e. The normalized spacial score (nSPS) is 16.8. The van der Waals surface area contributed by atoms with Crippen LogP contribution in [0.25, 0.3) is 22.7 Å². The summed E-state index contributed by atoms with van der Waals surface area (Å²) < 4.78 is 17.5. The lowest BCUT2D eigenvalue weighted by Crippen LogP contribution is -2.37. The van der Waals surface area contributed by atoms with Gasteiger partial charge in [0.1, 0.15) is 22.8 Å². The molecule has 1 atom stereocenters. The average molecular weight is 431 g/mol. The number of benzene rings is 2. The summed E-state index contributed by atoms with van der Waals surface area (Å²) in [5.41, 5.74) is 2.42. The van der Waals surface area contributed by atoms with Gasteiger partial charge in [0.25, 0.3) is 5.89 Å². The Bertz CT molecular complexity index is 1140. The molecule has 0 saturated carbocycles. The number of ether oxygens (including phenoxy) is 1. The number of piperidine rings is 1. The second kappa shape index (κ2) is 9.36. The molecule has 164 valence electrons. The summed E-state index contributed by atoms with van der Waals surface area (Å²) in [5, 5.41) is 12.8. The summed E-state index contributed by atoms with van der Waals surface area (Å²) in [6, 6.07) is 19.9. The smallest absolute Gasteiger partial charge is 0.253 e. The molecule has 1 aliphatic rings. The Morgan fingerprint density at radius 1 is 1.03 bits per heavy atom. The maximum absolute atomic E-state index is 6.04. The third-order valence-electron chi connectivity index (χ3n) is 5.78. The highest BCUT2D eigenvalue weighted by Gasteiger charge is 2.25. The van der Waals surface area contributed by atoms with E-state index >= 15 is 0 Å². The van der Waals surface area contributed by atoms with Crippen LogP contribution in [0.4, 0.5) is 0 Å². The molecule has 0 radical (unpaired) electrons. The zero-order valence-corrected chi connectivity index (χ0v) is 18.1. The summed E-state index contributed by atoms with van der Waals surface area (Å²) in [6.45, 7) is 5.17. The number of nitrogens with zero attached hydrogens (tertiary/aromatic N) is 4. The molecule has 1 saturated heterocycles. The van der Waals surface area contributed by atoms with Crippen molar-refractivity contribution in [2.24, 2.45) is 5.92 Å². The molecule has 4 aromatic rings. The van der Waals surface area contributed by atoms with E-state index in [0.717, 1.165) is 48.7 Å². The molecule has 1 unspecified atom stereocenters. The molecule has 7 heteroatoms. The number of rotatable bonds is 7. The maximum atomic E-state index is 6.04. The predicted molar refractivity (Wildman–Crippen MR) is 120 cm³/mol. The molecule has 1 aliphatic heterocycles. The van der Waals surface area contributed by atoms with E-state index < -0.39 is 0 Å². The third-order valence-corrected chi connectivity index (χ3v) is 5.78. The summed E-state index contributed by atoms with van der Waals surface area (Å²) in [5.74, 6) is 3.11. The number of hydrogen-bond donors (Lipinski definition) is 0. The van der Waals surface area contributed by atoms with Crippen LogP contribution < -0.4 is 4.74 Å². The molecular weight excluding hydrogens is 404 g/mol. The molecule has 0 amide bonds. The van der Waals surface area contributed by atoms with E-state index in [4.69, 9.17) is 13.7 Å². The van der Waals surface area contributed by atoms with Gasteiger partial charge in [-0.2, -0.15) is 0 Å². The SMILES string of the molecule is Cc1onc(-c2ccccc2)c1-c1nnc(CN2CCCC(COc3ccccc3)C2)o1. The van der Waals surface area contributed by atoms with Gasteiger partial charge in [0.15, 0.2) is 0 Å². The zero-order chi connectivity index (χ0) is 21.8. The predicted octanol–water partition coefficient (Wildman–Crippen LogP) is 4.99. The topological polar surface area (TPSA) is 77.4 Å². The van der Waals surface area contributed by atoms with Gasteiger partial charge < -0.3 is 13.7 Å². The fraction of sp³-hybridized carbons (Fsp3) is 0.320. The highest BCUT2D eigenvalue weighted by Crippen LogP contribution is 2.33. The summed E-state index contributed by atoms with van der Waals surface area (Å²) in [6.07, 6.45) is 2.30. The Morgan fingerprint density at radius 2 is 1.81 bits per heavy atom. The molecule has 0 spiro atoms. The number of likely N-dealkylation sites (tertiary alicyclic amines) is 1. The van der Waals surface area contributed by atoms with E-state index in [1.165, 1.54) is 6.42 Å². The van der Waals surface area contributed by atoms with Crippen molar-refractivity contribution in [3.8, 4) is 28.5 Å². The number of para-hydroxylation sites is 1. The van der Waals surface area contributed by atoms with Crippen LogP contribution in [0.2, 0.25) is 0 Å². The van der Waals surface area contributed by atoms with E-state index in [1.807, 2.05) is 67.6 Å². The van der Waals surface area contributed by atoms with Gasteiger partial charge in [-0.1, -0.05) is 53.7 Å². The van der Waals surface area contributed by atoms with Crippen molar-refractivity contribution in [3.63, 3.8) is 0 Å². The first kappa shape index (κ1) is 20.5. The van der Waals surface area contributed by atoms with Gasteiger partial charge >= 0.3 is 0 Å². The van der Waals surface area contributed by atoms with Crippen LogP contribution in [-0.4, -0.2) is 40.0 Å². The van der Waals surface area contributed by atoms with Gasteiger partial charge in [-0.05, 0) is 38.4 Å². The molecule has 1 fully saturated rings. The lowest BCUT2D eigenvalue weighted by molar-refractivity contribution is 0.117. The molecule has 0 N–H and O–H groups in total. The summed E-state index contributed by atoms with van der Waals surface area (Å²) in [4.78, 5) is 2.36. The molecule has 0 bridgehead atoms. The third kappa shape index (κ3) is 4.57. The summed E-state index contributed by atoms with van der Waals surface area (Å²) >= 11 is 0. The number of aromatic nitrogens is 3. The van der Waals surface area contributed by atoms with Crippen molar-refractivity contribution < 1.29 is 13.7 Å². The maximum Gasteiger partial charge on any atom is 0.253 e.